The molecule has 8 heteroatoms. The van der Waals surface area contributed by atoms with Gasteiger partial charge in [0.05, 0.1) is 5.69 Å². The van der Waals surface area contributed by atoms with Crippen molar-refractivity contribution in [3.63, 3.8) is 0 Å². The Morgan fingerprint density at radius 3 is 2.55 bits per heavy atom. The minimum absolute atomic E-state index is 0.0232. The molecule has 0 fully saturated rings. The predicted molar refractivity (Wildman–Crippen MR) is 73.3 cm³/mol. The van der Waals surface area contributed by atoms with Crippen LogP contribution in [0.3, 0.4) is 0 Å². The first-order valence-corrected chi connectivity index (χ1v) is 6.41. The van der Waals surface area contributed by atoms with Crippen LogP contribution < -0.4 is 15.6 Å². The van der Waals surface area contributed by atoms with E-state index in [-0.39, 0.29) is 5.76 Å². The number of nitrogens with one attached hydrogen (secondary N) is 2. The summed E-state index contributed by atoms with van der Waals surface area (Å²) >= 11 is 0. The number of rotatable bonds is 4. The first kappa shape index (κ1) is 15.5. The normalized spacial score (nSPS) is 11.6. The van der Waals surface area contributed by atoms with Gasteiger partial charge in [0.1, 0.15) is 11.6 Å². The molecule has 1 aromatic heterocycles. The van der Waals surface area contributed by atoms with Crippen LogP contribution in [0.5, 0.6) is 5.75 Å². The largest absolute Gasteiger partial charge is 0.481 e. The van der Waals surface area contributed by atoms with Crippen molar-refractivity contribution in [2.75, 3.05) is 0 Å². The zero-order valence-corrected chi connectivity index (χ0v) is 11.9. The van der Waals surface area contributed by atoms with Crippen LogP contribution in [-0.2, 0) is 4.79 Å². The van der Waals surface area contributed by atoms with Crippen LogP contribution in [0.25, 0.3) is 0 Å². The third-order valence-electron chi connectivity index (χ3n) is 2.65. The van der Waals surface area contributed by atoms with E-state index in [0.717, 1.165) is 0 Å². The molecule has 0 spiro atoms. The maximum absolute atomic E-state index is 12.8. The smallest absolute Gasteiger partial charge is 0.308 e. The lowest BCUT2D eigenvalue weighted by atomic mass is 10.3. The third-order valence-corrected chi connectivity index (χ3v) is 2.65. The Labute approximate surface area is 125 Å². The standard InChI is InChI=1S/C14H14FN3O4/c1-8-7-12(22-18-8)14(20)17-16-13(19)9(2)21-11-5-3-10(15)4-6-11/h3-7,9H,1-2H3,(H,16,19)(H,17,20). The van der Waals surface area contributed by atoms with E-state index < -0.39 is 23.7 Å². The number of aromatic nitrogens is 1. The van der Waals surface area contributed by atoms with Crippen molar-refractivity contribution >= 4 is 11.8 Å². The summed E-state index contributed by atoms with van der Waals surface area (Å²) in [4.78, 5) is 23.4. The highest BCUT2D eigenvalue weighted by Crippen LogP contribution is 2.12. The van der Waals surface area contributed by atoms with Crippen LogP contribution in [-0.4, -0.2) is 23.1 Å². The number of amides is 2. The highest BCUT2D eigenvalue weighted by Gasteiger charge is 2.17. The van der Waals surface area contributed by atoms with Gasteiger partial charge in [0.25, 0.3) is 5.91 Å². The van der Waals surface area contributed by atoms with Crippen LogP contribution in [0.2, 0.25) is 0 Å². The summed E-state index contributed by atoms with van der Waals surface area (Å²) in [6.07, 6.45) is -0.887. The van der Waals surface area contributed by atoms with Gasteiger partial charge in [0.15, 0.2) is 6.10 Å². The number of halogens is 1. The van der Waals surface area contributed by atoms with Crippen LogP contribution in [0.15, 0.2) is 34.9 Å². The molecule has 2 N–H and O–H groups in total. The molecular formula is C14H14FN3O4. The number of carbonyl (C=O) groups excluding carboxylic acids is 2. The van der Waals surface area contributed by atoms with Crippen LogP contribution in [0.4, 0.5) is 4.39 Å². The minimum atomic E-state index is -0.887. The molecule has 2 rings (SSSR count). The first-order chi connectivity index (χ1) is 10.5. The molecule has 1 aromatic carbocycles. The molecule has 1 atom stereocenters. The lowest BCUT2D eigenvalue weighted by molar-refractivity contribution is -0.128. The lowest BCUT2D eigenvalue weighted by Gasteiger charge is -2.14. The fraction of sp³-hybridized carbons (Fsp3) is 0.214. The summed E-state index contributed by atoms with van der Waals surface area (Å²) in [6, 6.07) is 6.66. The summed E-state index contributed by atoms with van der Waals surface area (Å²) in [7, 11) is 0. The Hall–Kier alpha value is -2.90. The summed E-state index contributed by atoms with van der Waals surface area (Å²) < 4.78 is 22.8. The number of nitrogens with zero attached hydrogens (tertiary/aromatic N) is 1. The summed E-state index contributed by atoms with van der Waals surface area (Å²) in [5.74, 6) is -1.30. The van der Waals surface area contributed by atoms with E-state index in [2.05, 4.69) is 16.0 Å². The quantitative estimate of drug-likeness (QED) is 0.832. The van der Waals surface area contributed by atoms with Crippen LogP contribution >= 0.6 is 0 Å². The molecule has 0 saturated heterocycles. The molecule has 0 bridgehead atoms. The van der Waals surface area contributed by atoms with Gasteiger partial charge in [0.2, 0.25) is 5.76 Å². The molecule has 116 valence electrons. The second-order valence-corrected chi connectivity index (χ2v) is 4.49. The Balaban J connectivity index is 1.83. The fourth-order valence-electron chi connectivity index (χ4n) is 1.52. The maximum atomic E-state index is 12.8. The van der Waals surface area contributed by atoms with Gasteiger partial charge in [-0.15, -0.1) is 0 Å². The Morgan fingerprint density at radius 1 is 1.27 bits per heavy atom. The SMILES string of the molecule is Cc1cc(C(=O)NNC(=O)C(C)Oc2ccc(F)cc2)on1. The minimum Gasteiger partial charge on any atom is -0.481 e. The summed E-state index contributed by atoms with van der Waals surface area (Å²) in [5, 5.41) is 3.56. The second kappa shape index (κ2) is 6.70. The average molecular weight is 307 g/mol. The molecule has 2 amide bonds. The van der Waals surface area contributed by atoms with Gasteiger partial charge in [-0.3, -0.25) is 20.4 Å². The zero-order chi connectivity index (χ0) is 16.1. The Bertz CT molecular complexity index is 669. The van der Waals surface area contributed by atoms with E-state index in [1.807, 2.05) is 0 Å². The fourth-order valence-corrected chi connectivity index (χ4v) is 1.52. The number of ether oxygens (including phenoxy) is 1. The number of hydrazine groups is 1. The van der Waals surface area contributed by atoms with E-state index in [0.29, 0.717) is 11.4 Å². The van der Waals surface area contributed by atoms with E-state index in [1.165, 1.54) is 37.3 Å². The average Bonchev–Trinajstić information content (AvgIpc) is 2.93. The molecule has 0 radical (unpaired) electrons. The van der Waals surface area contributed by atoms with Gasteiger partial charge in [-0.1, -0.05) is 5.16 Å². The van der Waals surface area contributed by atoms with E-state index >= 15 is 0 Å². The Kier molecular flexibility index (Phi) is 4.72. The monoisotopic (exact) mass is 307 g/mol. The van der Waals surface area contributed by atoms with Crippen molar-refractivity contribution in [3.8, 4) is 5.75 Å². The van der Waals surface area contributed by atoms with E-state index in [1.54, 1.807) is 6.92 Å². The van der Waals surface area contributed by atoms with Crippen LogP contribution in [0, 0.1) is 12.7 Å². The van der Waals surface area contributed by atoms with Crippen molar-refractivity contribution in [2.45, 2.75) is 20.0 Å². The van der Waals surface area contributed by atoms with Gasteiger partial charge in [-0.2, -0.15) is 0 Å². The number of carbonyl (C=O) groups is 2. The van der Waals surface area contributed by atoms with Gasteiger partial charge in [0, 0.05) is 6.07 Å². The lowest BCUT2D eigenvalue weighted by Crippen LogP contribution is -2.47. The Morgan fingerprint density at radius 2 is 1.95 bits per heavy atom. The molecule has 1 unspecified atom stereocenters. The molecule has 22 heavy (non-hydrogen) atoms. The number of aryl methyl sites for hydroxylation is 1. The number of hydrogen-bond donors (Lipinski definition) is 2. The van der Waals surface area contributed by atoms with Gasteiger partial charge in [-0.25, -0.2) is 4.39 Å². The zero-order valence-electron chi connectivity index (χ0n) is 11.9. The molecule has 0 saturated carbocycles. The van der Waals surface area contributed by atoms with Gasteiger partial charge < -0.3 is 9.26 Å². The number of hydrogen-bond acceptors (Lipinski definition) is 5. The van der Waals surface area contributed by atoms with Crippen molar-refractivity contribution < 1.29 is 23.2 Å². The molecule has 0 aliphatic carbocycles. The topological polar surface area (TPSA) is 93.5 Å². The second-order valence-electron chi connectivity index (χ2n) is 4.49. The van der Waals surface area contributed by atoms with Crippen molar-refractivity contribution in [2.24, 2.45) is 0 Å². The van der Waals surface area contributed by atoms with Gasteiger partial charge in [-0.05, 0) is 38.1 Å². The van der Waals surface area contributed by atoms with Crippen LogP contribution in [0.1, 0.15) is 23.2 Å². The highest BCUT2D eigenvalue weighted by atomic mass is 19.1. The third kappa shape index (κ3) is 4.05. The maximum Gasteiger partial charge on any atom is 0.308 e. The molecule has 7 nitrogen and oxygen atoms in total. The predicted octanol–water partition coefficient (Wildman–Crippen LogP) is 1.35. The molecule has 2 aromatic rings. The van der Waals surface area contributed by atoms with E-state index in [9.17, 15) is 14.0 Å². The molecule has 0 aliphatic rings. The summed E-state index contributed by atoms with van der Waals surface area (Å²) in [6.45, 7) is 3.15. The van der Waals surface area contributed by atoms with Crippen molar-refractivity contribution in [3.05, 3.63) is 47.6 Å². The van der Waals surface area contributed by atoms with E-state index in [4.69, 9.17) is 9.26 Å². The first-order valence-electron chi connectivity index (χ1n) is 6.41. The van der Waals surface area contributed by atoms with Gasteiger partial charge >= 0.3 is 5.91 Å². The molecular weight excluding hydrogens is 293 g/mol. The van der Waals surface area contributed by atoms with Crippen molar-refractivity contribution in [1.82, 2.24) is 16.0 Å². The molecule has 1 heterocycles. The molecule has 0 aliphatic heterocycles. The summed E-state index contributed by atoms with van der Waals surface area (Å²) in [5.41, 5.74) is 4.92. The highest BCUT2D eigenvalue weighted by molar-refractivity contribution is 5.93. The van der Waals surface area contributed by atoms with Crippen molar-refractivity contribution in [1.29, 1.82) is 0 Å². The number of benzene rings is 1.